The molecule has 1 aromatic rings. The molecule has 0 radical (unpaired) electrons. The van der Waals surface area contributed by atoms with Crippen LogP contribution in [0.3, 0.4) is 0 Å². The van der Waals surface area contributed by atoms with Gasteiger partial charge in [0.15, 0.2) is 0 Å². The molecule has 2 rings (SSSR count). The topological polar surface area (TPSA) is 21.3 Å². The summed E-state index contributed by atoms with van der Waals surface area (Å²) in [6.45, 7) is 12.3. The fourth-order valence-electron chi connectivity index (χ4n) is 2.98. The predicted octanol–water partition coefficient (Wildman–Crippen LogP) is 4.62. The average molecular weight is 275 g/mol. The van der Waals surface area contributed by atoms with Crippen LogP contribution in [0.1, 0.15) is 64.1 Å². The number of benzene rings is 1. The third-order valence-electron chi connectivity index (χ3n) is 3.81. The van der Waals surface area contributed by atoms with Gasteiger partial charge in [0.1, 0.15) is 11.9 Å². The number of hydrogen-bond acceptors (Lipinski definition) is 2. The van der Waals surface area contributed by atoms with Gasteiger partial charge in [-0.25, -0.2) is 0 Å². The summed E-state index contributed by atoms with van der Waals surface area (Å²) in [7, 11) is 0. The Labute approximate surface area is 123 Å². The number of fused-ring (bicyclic) bond motifs is 1. The molecule has 1 N–H and O–H groups in total. The Hall–Kier alpha value is -1.02. The Balaban J connectivity index is 2.20. The molecule has 2 heteroatoms. The SMILES string of the molecule is CCCNC1CC(CC(C)(C)C)Oc2ccc(C)cc21. The minimum atomic E-state index is 0.308. The molecule has 0 fully saturated rings. The van der Waals surface area contributed by atoms with E-state index in [0.717, 1.165) is 25.1 Å². The highest BCUT2D eigenvalue weighted by molar-refractivity contribution is 5.41. The van der Waals surface area contributed by atoms with Gasteiger partial charge in [0.2, 0.25) is 0 Å². The molecular formula is C18H29NO. The van der Waals surface area contributed by atoms with Crippen LogP contribution < -0.4 is 10.1 Å². The van der Waals surface area contributed by atoms with Gasteiger partial charge in [-0.1, -0.05) is 45.4 Å². The van der Waals surface area contributed by atoms with Crippen LogP contribution in [0, 0.1) is 12.3 Å². The van der Waals surface area contributed by atoms with Crippen molar-refractivity contribution in [2.24, 2.45) is 5.41 Å². The average Bonchev–Trinajstić information content (AvgIpc) is 2.34. The Kier molecular flexibility index (Phi) is 4.74. The summed E-state index contributed by atoms with van der Waals surface area (Å²) in [5, 5.41) is 3.69. The van der Waals surface area contributed by atoms with E-state index >= 15 is 0 Å². The van der Waals surface area contributed by atoms with E-state index in [4.69, 9.17) is 4.74 Å². The molecule has 1 aromatic carbocycles. The Bertz CT molecular complexity index is 447. The van der Waals surface area contributed by atoms with Crippen LogP contribution >= 0.6 is 0 Å². The molecule has 0 spiro atoms. The summed E-state index contributed by atoms with van der Waals surface area (Å²) < 4.78 is 6.23. The molecule has 112 valence electrons. The van der Waals surface area contributed by atoms with Crippen molar-refractivity contribution in [2.45, 2.75) is 66.0 Å². The molecule has 1 aliphatic heterocycles. The second-order valence-corrected chi connectivity index (χ2v) is 7.29. The minimum Gasteiger partial charge on any atom is -0.490 e. The standard InChI is InChI=1S/C18H29NO/c1-6-9-19-16-11-14(12-18(3,4)5)20-17-8-7-13(2)10-15(16)17/h7-8,10,14,16,19H,6,9,11-12H2,1-5H3. The smallest absolute Gasteiger partial charge is 0.124 e. The molecular weight excluding hydrogens is 246 g/mol. The van der Waals surface area contributed by atoms with E-state index in [1.54, 1.807) is 0 Å². The van der Waals surface area contributed by atoms with E-state index in [1.807, 2.05) is 0 Å². The lowest BCUT2D eigenvalue weighted by Gasteiger charge is -2.36. The largest absolute Gasteiger partial charge is 0.490 e. The normalized spacial score (nSPS) is 22.2. The fourth-order valence-corrected chi connectivity index (χ4v) is 2.98. The molecule has 2 unspecified atom stereocenters. The van der Waals surface area contributed by atoms with Crippen LogP contribution in [0.15, 0.2) is 18.2 Å². The Morgan fingerprint density at radius 1 is 1.30 bits per heavy atom. The molecule has 2 nitrogen and oxygen atoms in total. The summed E-state index contributed by atoms with van der Waals surface area (Å²) >= 11 is 0. The zero-order valence-corrected chi connectivity index (χ0v) is 13.6. The molecule has 0 aliphatic carbocycles. The first-order valence-corrected chi connectivity index (χ1v) is 7.89. The third-order valence-corrected chi connectivity index (χ3v) is 3.81. The summed E-state index contributed by atoms with van der Waals surface area (Å²) in [5.74, 6) is 1.07. The van der Waals surface area contributed by atoms with Gasteiger partial charge in [-0.15, -0.1) is 0 Å². The van der Waals surface area contributed by atoms with Crippen LogP contribution in [0.4, 0.5) is 0 Å². The van der Waals surface area contributed by atoms with Gasteiger partial charge >= 0.3 is 0 Å². The fraction of sp³-hybridized carbons (Fsp3) is 0.667. The Morgan fingerprint density at radius 2 is 2.05 bits per heavy atom. The highest BCUT2D eigenvalue weighted by atomic mass is 16.5. The molecule has 1 aliphatic rings. The van der Waals surface area contributed by atoms with Crippen molar-refractivity contribution in [1.82, 2.24) is 5.32 Å². The van der Waals surface area contributed by atoms with E-state index in [9.17, 15) is 0 Å². The molecule has 1 heterocycles. The highest BCUT2D eigenvalue weighted by Gasteiger charge is 2.30. The van der Waals surface area contributed by atoms with Crippen molar-refractivity contribution >= 4 is 0 Å². The Morgan fingerprint density at radius 3 is 2.70 bits per heavy atom. The van der Waals surface area contributed by atoms with Crippen LogP contribution in [0.5, 0.6) is 5.75 Å². The van der Waals surface area contributed by atoms with E-state index in [1.165, 1.54) is 17.5 Å². The van der Waals surface area contributed by atoms with Gasteiger partial charge in [0.05, 0.1) is 0 Å². The quantitative estimate of drug-likeness (QED) is 0.865. The predicted molar refractivity (Wildman–Crippen MR) is 85.3 cm³/mol. The van der Waals surface area contributed by atoms with Crippen molar-refractivity contribution in [1.29, 1.82) is 0 Å². The van der Waals surface area contributed by atoms with Crippen molar-refractivity contribution in [2.75, 3.05) is 6.54 Å². The number of nitrogens with one attached hydrogen (secondary N) is 1. The zero-order chi connectivity index (χ0) is 14.8. The summed E-state index contributed by atoms with van der Waals surface area (Å²) in [6.07, 6.45) is 3.67. The maximum atomic E-state index is 6.23. The lowest BCUT2D eigenvalue weighted by atomic mass is 9.84. The molecule has 0 amide bonds. The first kappa shape index (κ1) is 15.4. The summed E-state index contributed by atoms with van der Waals surface area (Å²) in [5.41, 5.74) is 2.95. The van der Waals surface area contributed by atoms with E-state index in [2.05, 4.69) is 58.1 Å². The van der Waals surface area contributed by atoms with E-state index in [0.29, 0.717) is 17.6 Å². The summed E-state index contributed by atoms with van der Waals surface area (Å²) in [4.78, 5) is 0. The molecule has 0 saturated heterocycles. The van der Waals surface area contributed by atoms with Gasteiger partial charge in [0.25, 0.3) is 0 Å². The molecule has 2 atom stereocenters. The molecule has 0 aromatic heterocycles. The zero-order valence-electron chi connectivity index (χ0n) is 13.6. The molecule has 0 bridgehead atoms. The van der Waals surface area contributed by atoms with Gasteiger partial charge in [-0.3, -0.25) is 0 Å². The van der Waals surface area contributed by atoms with Gasteiger partial charge in [-0.2, -0.15) is 0 Å². The van der Waals surface area contributed by atoms with Crippen LogP contribution in [-0.2, 0) is 0 Å². The van der Waals surface area contributed by atoms with Gasteiger partial charge < -0.3 is 10.1 Å². The second kappa shape index (κ2) is 6.17. The van der Waals surface area contributed by atoms with Crippen LogP contribution in [-0.4, -0.2) is 12.6 Å². The minimum absolute atomic E-state index is 0.308. The lowest BCUT2D eigenvalue weighted by Crippen LogP contribution is -2.35. The third kappa shape index (κ3) is 3.99. The summed E-state index contributed by atoms with van der Waals surface area (Å²) in [6, 6.07) is 7.00. The number of aryl methyl sites for hydroxylation is 1. The number of hydrogen-bond donors (Lipinski definition) is 1. The van der Waals surface area contributed by atoms with Gasteiger partial charge in [-0.05, 0) is 37.8 Å². The first-order valence-electron chi connectivity index (χ1n) is 7.89. The number of ether oxygens (including phenoxy) is 1. The monoisotopic (exact) mass is 275 g/mol. The van der Waals surface area contributed by atoms with Crippen molar-refractivity contribution in [3.8, 4) is 5.75 Å². The second-order valence-electron chi connectivity index (χ2n) is 7.29. The lowest BCUT2D eigenvalue weighted by molar-refractivity contribution is 0.105. The van der Waals surface area contributed by atoms with Crippen molar-refractivity contribution in [3.63, 3.8) is 0 Å². The molecule has 20 heavy (non-hydrogen) atoms. The number of rotatable bonds is 4. The molecule has 0 saturated carbocycles. The van der Waals surface area contributed by atoms with Crippen LogP contribution in [0.2, 0.25) is 0 Å². The van der Waals surface area contributed by atoms with E-state index < -0.39 is 0 Å². The highest BCUT2D eigenvalue weighted by Crippen LogP contribution is 2.38. The first-order chi connectivity index (χ1) is 9.39. The maximum absolute atomic E-state index is 6.23. The van der Waals surface area contributed by atoms with E-state index in [-0.39, 0.29) is 0 Å². The van der Waals surface area contributed by atoms with Crippen LogP contribution in [0.25, 0.3) is 0 Å². The maximum Gasteiger partial charge on any atom is 0.124 e. The van der Waals surface area contributed by atoms with Crippen molar-refractivity contribution < 1.29 is 4.74 Å². The van der Waals surface area contributed by atoms with Crippen molar-refractivity contribution in [3.05, 3.63) is 29.3 Å². The van der Waals surface area contributed by atoms with Gasteiger partial charge in [0, 0.05) is 18.0 Å².